The highest BCUT2D eigenvalue weighted by molar-refractivity contribution is 7.50. The number of phenols is 1. The Balaban J connectivity index is 2.03. The summed E-state index contributed by atoms with van der Waals surface area (Å²) in [7, 11) is -3.53. The second-order valence-electron chi connectivity index (χ2n) is 4.01. The van der Waals surface area contributed by atoms with Crippen molar-refractivity contribution in [2.24, 2.45) is 0 Å². The molecule has 90 valence electrons. The number of benzene rings is 2. The summed E-state index contributed by atoms with van der Waals surface area (Å²) in [4.78, 5) is 0. The molecule has 1 atom stereocenters. The number of phenolic OH excluding ortho intramolecular Hbond substituents is 1. The Kier molecular flexibility index (Phi) is 1.64. The molecule has 0 fully saturated rings. The molecule has 0 aromatic heterocycles. The van der Waals surface area contributed by atoms with Crippen LogP contribution in [0.15, 0.2) is 36.4 Å². The predicted molar refractivity (Wildman–Crippen MR) is 63.0 cm³/mol. The molecule has 2 aromatic carbocycles. The van der Waals surface area contributed by atoms with Gasteiger partial charge in [0.05, 0.1) is 5.56 Å². The van der Waals surface area contributed by atoms with Crippen LogP contribution in [0.4, 0.5) is 0 Å². The van der Waals surface area contributed by atoms with Gasteiger partial charge in [-0.15, -0.1) is 0 Å². The van der Waals surface area contributed by atoms with Crippen molar-refractivity contribution in [3.05, 3.63) is 36.4 Å². The normalized spacial score (nSPS) is 22.2. The van der Waals surface area contributed by atoms with Crippen molar-refractivity contribution >= 4 is 7.82 Å². The van der Waals surface area contributed by atoms with Gasteiger partial charge in [-0.2, -0.15) is 4.57 Å². The maximum absolute atomic E-state index is 11.9. The van der Waals surface area contributed by atoms with E-state index < -0.39 is 7.82 Å². The SMILES string of the molecule is O=P12Oc3cc(O)c(-c4ccccc4)c(c3O1)O2. The topological polar surface area (TPSA) is 65.0 Å². The van der Waals surface area contributed by atoms with E-state index in [4.69, 9.17) is 13.6 Å². The standard InChI is InChI=1S/C12H7O5P/c13-8-6-9-11-12(17-18(14,15-9)16-11)10(8)7-4-2-1-3-5-7/h1-6,13H. The van der Waals surface area contributed by atoms with E-state index in [0.717, 1.165) is 5.56 Å². The Morgan fingerprint density at radius 3 is 2.44 bits per heavy atom. The molecule has 0 spiro atoms. The molecule has 2 aromatic rings. The zero-order valence-electron chi connectivity index (χ0n) is 8.99. The van der Waals surface area contributed by atoms with Gasteiger partial charge in [0.25, 0.3) is 0 Å². The van der Waals surface area contributed by atoms with Crippen LogP contribution in [-0.4, -0.2) is 5.11 Å². The van der Waals surface area contributed by atoms with Gasteiger partial charge in [0.15, 0.2) is 11.5 Å². The monoisotopic (exact) mass is 262 g/mol. The molecule has 4 rings (SSSR count). The van der Waals surface area contributed by atoms with Crippen LogP contribution in [0.3, 0.4) is 0 Å². The number of phosphoric acid groups is 1. The third-order valence-electron chi connectivity index (χ3n) is 2.86. The summed E-state index contributed by atoms with van der Waals surface area (Å²) >= 11 is 0. The summed E-state index contributed by atoms with van der Waals surface area (Å²) in [5.41, 5.74) is 1.23. The van der Waals surface area contributed by atoms with Crippen molar-refractivity contribution in [3.63, 3.8) is 0 Å². The maximum atomic E-state index is 11.9. The predicted octanol–water partition coefficient (Wildman–Crippen LogP) is 3.33. The van der Waals surface area contributed by atoms with E-state index in [1.807, 2.05) is 30.3 Å². The van der Waals surface area contributed by atoms with Gasteiger partial charge in [-0.1, -0.05) is 30.3 Å². The van der Waals surface area contributed by atoms with Crippen LogP contribution in [0.25, 0.3) is 11.1 Å². The highest BCUT2D eigenvalue weighted by Gasteiger charge is 2.51. The molecule has 0 aliphatic carbocycles. The van der Waals surface area contributed by atoms with Crippen molar-refractivity contribution in [1.29, 1.82) is 0 Å². The largest absolute Gasteiger partial charge is 0.647 e. The fraction of sp³-hybridized carbons (Fsp3) is 0. The number of phosphoric ester groups is 1. The molecule has 6 heteroatoms. The quantitative estimate of drug-likeness (QED) is 0.798. The molecule has 5 nitrogen and oxygen atoms in total. The van der Waals surface area contributed by atoms with Crippen molar-refractivity contribution < 1.29 is 23.2 Å². The molecule has 0 saturated heterocycles. The molecule has 18 heavy (non-hydrogen) atoms. The summed E-state index contributed by atoms with van der Waals surface area (Å²) in [6.07, 6.45) is 0. The molecule has 1 N–H and O–H groups in total. The lowest BCUT2D eigenvalue weighted by Gasteiger charge is -2.14. The second kappa shape index (κ2) is 3.00. The number of hydrogen-bond donors (Lipinski definition) is 1. The zero-order valence-corrected chi connectivity index (χ0v) is 9.89. The fourth-order valence-electron chi connectivity index (χ4n) is 2.13. The summed E-state index contributed by atoms with van der Waals surface area (Å²) in [6.45, 7) is 0. The number of aromatic hydroxyl groups is 1. The highest BCUT2D eigenvalue weighted by atomic mass is 31.2. The van der Waals surface area contributed by atoms with Gasteiger partial charge in [-0.3, -0.25) is 0 Å². The molecule has 2 heterocycles. The Morgan fingerprint density at radius 2 is 1.72 bits per heavy atom. The molecule has 0 amide bonds. The first-order valence-electron chi connectivity index (χ1n) is 5.30. The van der Waals surface area contributed by atoms with Gasteiger partial charge in [0.1, 0.15) is 5.75 Å². The first-order chi connectivity index (χ1) is 8.66. The van der Waals surface area contributed by atoms with E-state index in [9.17, 15) is 9.67 Å². The van der Waals surface area contributed by atoms with Crippen LogP contribution in [-0.2, 0) is 4.57 Å². The average Bonchev–Trinajstić information content (AvgIpc) is 2.83. The Morgan fingerprint density at radius 1 is 1.00 bits per heavy atom. The van der Waals surface area contributed by atoms with Crippen molar-refractivity contribution in [3.8, 4) is 34.1 Å². The molecule has 0 saturated carbocycles. The minimum atomic E-state index is -3.53. The first kappa shape index (κ1) is 9.85. The molecular weight excluding hydrogens is 255 g/mol. The van der Waals surface area contributed by atoms with Gasteiger partial charge in [-0.25, -0.2) is 0 Å². The fourth-order valence-corrected chi connectivity index (χ4v) is 3.41. The van der Waals surface area contributed by atoms with E-state index >= 15 is 0 Å². The molecular formula is C12H7O5P. The summed E-state index contributed by atoms with van der Waals surface area (Å²) < 4.78 is 27.2. The van der Waals surface area contributed by atoms with Gasteiger partial charge >= 0.3 is 7.82 Å². The van der Waals surface area contributed by atoms with Gasteiger partial charge in [-0.05, 0) is 5.56 Å². The molecule has 0 radical (unpaired) electrons. The Labute approximate surface area is 102 Å². The summed E-state index contributed by atoms with van der Waals surface area (Å²) in [6, 6.07) is 10.6. The van der Waals surface area contributed by atoms with Crippen LogP contribution in [0.2, 0.25) is 0 Å². The number of rotatable bonds is 1. The summed E-state index contributed by atoms with van der Waals surface area (Å²) in [5.74, 6) is 0.851. The lowest BCUT2D eigenvalue weighted by molar-refractivity contribution is 0.352. The lowest BCUT2D eigenvalue weighted by atomic mass is 10.0. The number of fused-ring (bicyclic) bond motifs is 1. The summed E-state index contributed by atoms with van der Waals surface area (Å²) in [5, 5.41) is 10.0. The van der Waals surface area contributed by atoms with Crippen molar-refractivity contribution in [2.75, 3.05) is 0 Å². The van der Waals surface area contributed by atoms with Gasteiger partial charge in [0.2, 0.25) is 5.75 Å². The third kappa shape index (κ3) is 1.14. The molecule has 2 aliphatic rings. The van der Waals surface area contributed by atoms with Crippen molar-refractivity contribution in [2.45, 2.75) is 0 Å². The van der Waals surface area contributed by atoms with Crippen LogP contribution < -0.4 is 13.6 Å². The number of hydrogen-bond acceptors (Lipinski definition) is 5. The Bertz CT molecular complexity index is 710. The van der Waals surface area contributed by atoms with Crippen LogP contribution >= 0.6 is 7.82 Å². The van der Waals surface area contributed by atoms with Crippen LogP contribution in [0, 0.1) is 0 Å². The minimum Gasteiger partial charge on any atom is -0.507 e. The maximum Gasteiger partial charge on any atom is 0.647 e. The second-order valence-corrected chi connectivity index (χ2v) is 5.46. The van der Waals surface area contributed by atoms with Crippen molar-refractivity contribution in [1.82, 2.24) is 0 Å². The van der Waals surface area contributed by atoms with E-state index in [2.05, 4.69) is 0 Å². The van der Waals surface area contributed by atoms with E-state index in [-0.39, 0.29) is 17.2 Å². The molecule has 1 unspecified atom stereocenters. The smallest absolute Gasteiger partial charge is 0.507 e. The Hall–Kier alpha value is -2.13. The van der Waals surface area contributed by atoms with E-state index in [1.54, 1.807) is 0 Å². The van der Waals surface area contributed by atoms with Crippen LogP contribution in [0.5, 0.6) is 23.0 Å². The lowest BCUT2D eigenvalue weighted by Crippen LogP contribution is -1.98. The van der Waals surface area contributed by atoms with E-state index in [1.165, 1.54) is 6.07 Å². The molecule has 2 bridgehead atoms. The zero-order chi connectivity index (χ0) is 12.3. The van der Waals surface area contributed by atoms with Gasteiger partial charge < -0.3 is 18.7 Å². The first-order valence-corrected chi connectivity index (χ1v) is 6.76. The molecule has 2 aliphatic heterocycles. The average molecular weight is 262 g/mol. The highest BCUT2D eigenvalue weighted by Crippen LogP contribution is 2.71. The van der Waals surface area contributed by atoms with Crippen LogP contribution in [0.1, 0.15) is 0 Å². The minimum absolute atomic E-state index is 0.00620. The van der Waals surface area contributed by atoms with E-state index in [0.29, 0.717) is 11.3 Å². The third-order valence-corrected chi connectivity index (χ3v) is 4.09. The van der Waals surface area contributed by atoms with Gasteiger partial charge in [0, 0.05) is 6.07 Å².